The molecule has 2 heterocycles. The van der Waals surface area contributed by atoms with Gasteiger partial charge in [-0.2, -0.15) is 4.98 Å². The summed E-state index contributed by atoms with van der Waals surface area (Å²) in [5, 5.41) is 5.08. The second-order valence-electron chi connectivity index (χ2n) is 9.29. The SMILES string of the molecule is CC(C)c1noc(N2CCC(C3CC3(N)CCOc3ccc(CC=O)c(P)c3)CC2)n1. The van der Waals surface area contributed by atoms with Crippen molar-refractivity contribution in [2.45, 2.75) is 57.4 Å². The van der Waals surface area contributed by atoms with Crippen LogP contribution >= 0.6 is 9.24 Å². The Morgan fingerprint density at radius 2 is 2.16 bits per heavy atom. The van der Waals surface area contributed by atoms with Crippen molar-refractivity contribution in [3.05, 3.63) is 29.6 Å². The molecule has 1 aliphatic carbocycles. The zero-order chi connectivity index (χ0) is 22.0. The largest absolute Gasteiger partial charge is 0.494 e. The molecule has 0 radical (unpaired) electrons. The number of rotatable bonds is 9. The first-order valence-electron chi connectivity index (χ1n) is 11.2. The highest BCUT2D eigenvalue weighted by Gasteiger charge is 2.54. The average molecular weight is 445 g/mol. The monoisotopic (exact) mass is 444 g/mol. The third-order valence-corrected chi connectivity index (χ3v) is 7.30. The zero-order valence-electron chi connectivity index (χ0n) is 18.4. The maximum absolute atomic E-state index is 10.7. The second-order valence-corrected chi connectivity index (χ2v) is 9.91. The lowest BCUT2D eigenvalue weighted by Gasteiger charge is -2.31. The number of aldehydes is 1. The van der Waals surface area contributed by atoms with Crippen LogP contribution in [-0.2, 0) is 11.2 Å². The molecule has 1 saturated heterocycles. The van der Waals surface area contributed by atoms with Gasteiger partial charge in [0.15, 0.2) is 5.82 Å². The predicted molar refractivity (Wildman–Crippen MR) is 124 cm³/mol. The van der Waals surface area contributed by atoms with Crippen molar-refractivity contribution in [1.82, 2.24) is 10.1 Å². The number of ether oxygens (including phenoxy) is 1. The maximum Gasteiger partial charge on any atom is 0.324 e. The van der Waals surface area contributed by atoms with Crippen molar-refractivity contribution < 1.29 is 14.1 Å². The van der Waals surface area contributed by atoms with E-state index in [0.29, 0.717) is 30.9 Å². The summed E-state index contributed by atoms with van der Waals surface area (Å²) in [6.45, 7) is 6.64. The number of anilines is 1. The number of nitrogens with two attached hydrogens (primary N) is 1. The summed E-state index contributed by atoms with van der Waals surface area (Å²) in [6, 6.07) is 6.50. The fourth-order valence-corrected chi connectivity index (χ4v) is 5.03. The van der Waals surface area contributed by atoms with E-state index < -0.39 is 0 Å². The maximum atomic E-state index is 10.7. The lowest BCUT2D eigenvalue weighted by Crippen LogP contribution is -2.37. The molecule has 31 heavy (non-hydrogen) atoms. The molecule has 3 unspecified atom stereocenters. The molecule has 0 amide bonds. The van der Waals surface area contributed by atoms with Crippen LogP contribution in [0.2, 0.25) is 0 Å². The number of aromatic nitrogens is 2. The minimum Gasteiger partial charge on any atom is -0.494 e. The van der Waals surface area contributed by atoms with Crippen molar-refractivity contribution in [1.29, 1.82) is 0 Å². The summed E-state index contributed by atoms with van der Waals surface area (Å²) >= 11 is 0. The van der Waals surface area contributed by atoms with E-state index in [-0.39, 0.29) is 11.5 Å². The van der Waals surface area contributed by atoms with E-state index in [1.165, 1.54) is 0 Å². The number of benzene rings is 1. The Balaban J connectivity index is 1.22. The number of piperidine rings is 1. The first kappa shape index (κ1) is 22.2. The fraction of sp³-hybridized carbons (Fsp3) is 0.609. The molecule has 8 heteroatoms. The molecule has 1 aromatic carbocycles. The van der Waals surface area contributed by atoms with Gasteiger partial charge in [0.1, 0.15) is 12.0 Å². The van der Waals surface area contributed by atoms with Crippen LogP contribution in [0.25, 0.3) is 0 Å². The van der Waals surface area contributed by atoms with Crippen LogP contribution in [0, 0.1) is 11.8 Å². The third kappa shape index (κ3) is 5.09. The van der Waals surface area contributed by atoms with Crippen molar-refractivity contribution >= 4 is 26.8 Å². The molecule has 1 saturated carbocycles. The van der Waals surface area contributed by atoms with E-state index in [1.807, 2.05) is 18.2 Å². The molecule has 4 rings (SSSR count). The van der Waals surface area contributed by atoms with Crippen LogP contribution in [0.1, 0.15) is 56.8 Å². The average Bonchev–Trinajstić information content (AvgIpc) is 3.18. The molecule has 2 aliphatic rings. The molecule has 1 aliphatic heterocycles. The number of nitrogens with zero attached hydrogens (tertiary/aromatic N) is 3. The van der Waals surface area contributed by atoms with Gasteiger partial charge in [-0.1, -0.05) is 25.1 Å². The van der Waals surface area contributed by atoms with E-state index in [0.717, 1.165) is 67.5 Å². The van der Waals surface area contributed by atoms with Crippen LogP contribution < -0.4 is 20.7 Å². The second kappa shape index (κ2) is 9.25. The molecule has 1 aromatic heterocycles. The summed E-state index contributed by atoms with van der Waals surface area (Å²) in [7, 11) is 2.67. The summed E-state index contributed by atoms with van der Waals surface area (Å²) in [5.74, 6) is 3.09. The van der Waals surface area contributed by atoms with E-state index in [9.17, 15) is 4.79 Å². The van der Waals surface area contributed by atoms with E-state index in [4.69, 9.17) is 15.0 Å². The molecule has 168 valence electrons. The van der Waals surface area contributed by atoms with E-state index >= 15 is 0 Å². The van der Waals surface area contributed by atoms with Crippen molar-refractivity contribution in [2.24, 2.45) is 17.6 Å². The minimum absolute atomic E-state index is 0.108. The number of carbonyl (C=O) groups excluding carboxylic acids is 1. The smallest absolute Gasteiger partial charge is 0.324 e. The van der Waals surface area contributed by atoms with Crippen LogP contribution in [0.15, 0.2) is 22.7 Å². The molecular weight excluding hydrogens is 411 g/mol. The van der Waals surface area contributed by atoms with Crippen LogP contribution in [0.5, 0.6) is 5.75 Å². The Labute approximate surface area is 186 Å². The number of hydrogen-bond acceptors (Lipinski definition) is 7. The Hall–Kier alpha value is -1.98. The van der Waals surface area contributed by atoms with Gasteiger partial charge < -0.3 is 24.7 Å². The standard InChI is InChI=1S/C23H33N4O3P/c1-15(2)21-25-22(30-26-21)27-9-5-16(6-10-27)19-14-23(19,24)8-12-29-18-4-3-17(7-11-28)20(31)13-18/h3-4,11,13,15-16,19H,5-10,12,14,24,31H2,1-2H3. The molecule has 3 atom stereocenters. The third-order valence-electron chi connectivity index (χ3n) is 6.76. The van der Waals surface area contributed by atoms with Crippen LogP contribution in [-0.4, -0.2) is 41.7 Å². The van der Waals surface area contributed by atoms with Gasteiger partial charge in [0.2, 0.25) is 0 Å². The highest BCUT2D eigenvalue weighted by Crippen LogP contribution is 2.51. The number of carbonyl (C=O) groups is 1. The van der Waals surface area contributed by atoms with Gasteiger partial charge in [-0.25, -0.2) is 0 Å². The Bertz CT molecular complexity index is 910. The van der Waals surface area contributed by atoms with Gasteiger partial charge in [0, 0.05) is 31.0 Å². The highest BCUT2D eigenvalue weighted by molar-refractivity contribution is 7.27. The fourth-order valence-electron chi connectivity index (χ4n) is 4.65. The summed E-state index contributed by atoms with van der Waals surface area (Å²) < 4.78 is 11.4. The van der Waals surface area contributed by atoms with Gasteiger partial charge in [0.25, 0.3) is 0 Å². The lowest BCUT2D eigenvalue weighted by atomic mass is 9.89. The van der Waals surface area contributed by atoms with E-state index in [1.54, 1.807) is 0 Å². The van der Waals surface area contributed by atoms with Gasteiger partial charge in [-0.15, -0.1) is 9.24 Å². The number of hydrogen-bond donors (Lipinski definition) is 1. The van der Waals surface area contributed by atoms with Crippen LogP contribution in [0.3, 0.4) is 0 Å². The zero-order valence-corrected chi connectivity index (χ0v) is 19.6. The summed E-state index contributed by atoms with van der Waals surface area (Å²) in [5.41, 5.74) is 7.59. The molecular formula is C23H33N4O3P. The predicted octanol–water partition coefficient (Wildman–Crippen LogP) is 2.84. The summed E-state index contributed by atoms with van der Waals surface area (Å²) in [6.07, 6.45) is 5.51. The Morgan fingerprint density at radius 1 is 1.39 bits per heavy atom. The Kier molecular flexibility index (Phi) is 6.63. The highest BCUT2D eigenvalue weighted by atomic mass is 31.0. The molecule has 0 spiro atoms. The van der Waals surface area contributed by atoms with Gasteiger partial charge in [0.05, 0.1) is 6.61 Å². The minimum atomic E-state index is -0.108. The molecule has 2 N–H and O–H groups in total. The van der Waals surface area contributed by atoms with Crippen molar-refractivity contribution in [3.63, 3.8) is 0 Å². The summed E-state index contributed by atoms with van der Waals surface area (Å²) in [4.78, 5) is 17.4. The lowest BCUT2D eigenvalue weighted by molar-refractivity contribution is -0.107. The molecule has 0 bridgehead atoms. The van der Waals surface area contributed by atoms with Gasteiger partial charge in [-0.05, 0) is 60.5 Å². The Morgan fingerprint density at radius 3 is 2.81 bits per heavy atom. The van der Waals surface area contributed by atoms with Gasteiger partial charge >= 0.3 is 6.01 Å². The van der Waals surface area contributed by atoms with Crippen molar-refractivity contribution in [3.8, 4) is 5.75 Å². The van der Waals surface area contributed by atoms with E-state index in [2.05, 4.69) is 38.1 Å². The topological polar surface area (TPSA) is 94.5 Å². The molecule has 2 fully saturated rings. The first-order chi connectivity index (χ1) is 14.9. The molecule has 2 aromatic rings. The van der Waals surface area contributed by atoms with Gasteiger partial charge in [-0.3, -0.25) is 0 Å². The normalized spacial score (nSPS) is 23.9. The first-order valence-corrected chi connectivity index (χ1v) is 11.8. The quantitative estimate of drug-likeness (QED) is 0.469. The van der Waals surface area contributed by atoms with Crippen molar-refractivity contribution in [2.75, 3.05) is 24.6 Å². The van der Waals surface area contributed by atoms with Crippen LogP contribution in [0.4, 0.5) is 6.01 Å². The molecule has 7 nitrogen and oxygen atoms in total.